The maximum atomic E-state index is 11.7. The van der Waals surface area contributed by atoms with Gasteiger partial charge in [0.05, 0.1) is 6.20 Å². The number of hydrogen-bond donors (Lipinski definition) is 3. The molecular weight excluding hydrogens is 208 g/mol. The highest BCUT2D eigenvalue weighted by Crippen LogP contribution is 2.08. The molecular formula is C10H14N4O2. The summed E-state index contributed by atoms with van der Waals surface area (Å²) in [6, 6.07) is -0.0421. The second kappa shape index (κ2) is 5.00. The lowest BCUT2D eigenvalue weighted by Crippen LogP contribution is -2.41. The van der Waals surface area contributed by atoms with Crippen molar-refractivity contribution in [3.8, 4) is 0 Å². The van der Waals surface area contributed by atoms with Gasteiger partial charge in [-0.15, -0.1) is 0 Å². The van der Waals surface area contributed by atoms with E-state index in [4.69, 9.17) is 5.11 Å². The Bertz CT molecular complexity index is 357. The summed E-state index contributed by atoms with van der Waals surface area (Å²) in [4.78, 5) is 19.5. The molecule has 3 N–H and O–H groups in total. The molecule has 0 radical (unpaired) electrons. The molecule has 1 aliphatic rings. The molecule has 6 nitrogen and oxygen atoms in total. The molecule has 2 heterocycles. The number of nitrogens with one attached hydrogen (secondary N) is 2. The lowest BCUT2D eigenvalue weighted by atomic mass is 10.1. The Morgan fingerprint density at radius 3 is 3.12 bits per heavy atom. The van der Waals surface area contributed by atoms with E-state index in [2.05, 4.69) is 20.6 Å². The van der Waals surface area contributed by atoms with Gasteiger partial charge in [-0.25, -0.2) is 4.98 Å². The second-order valence-electron chi connectivity index (χ2n) is 3.77. The van der Waals surface area contributed by atoms with Gasteiger partial charge >= 0.3 is 0 Å². The number of aliphatic hydroxyl groups is 1. The van der Waals surface area contributed by atoms with E-state index in [1.165, 1.54) is 18.6 Å². The van der Waals surface area contributed by atoms with E-state index in [0.29, 0.717) is 12.2 Å². The average molecular weight is 222 g/mol. The van der Waals surface area contributed by atoms with Crippen molar-refractivity contribution < 1.29 is 9.90 Å². The second-order valence-corrected chi connectivity index (χ2v) is 3.77. The summed E-state index contributed by atoms with van der Waals surface area (Å²) in [5.41, 5.74) is 0.297. The highest BCUT2D eigenvalue weighted by Gasteiger charge is 2.28. The first-order valence-electron chi connectivity index (χ1n) is 5.19. The van der Waals surface area contributed by atoms with Crippen LogP contribution in [0.25, 0.3) is 0 Å². The van der Waals surface area contributed by atoms with Gasteiger partial charge in [0.25, 0.3) is 5.91 Å². The van der Waals surface area contributed by atoms with E-state index < -0.39 is 0 Å². The van der Waals surface area contributed by atoms with Crippen molar-refractivity contribution in [1.29, 1.82) is 0 Å². The van der Waals surface area contributed by atoms with Gasteiger partial charge in [-0.1, -0.05) is 0 Å². The van der Waals surface area contributed by atoms with Crippen molar-refractivity contribution in [2.75, 3.05) is 19.7 Å². The lowest BCUT2D eigenvalue weighted by Gasteiger charge is -2.17. The Kier molecular flexibility index (Phi) is 3.43. The number of carbonyl (C=O) groups is 1. The molecule has 2 unspecified atom stereocenters. The zero-order valence-corrected chi connectivity index (χ0v) is 8.76. The molecule has 0 aromatic carbocycles. The topological polar surface area (TPSA) is 87.1 Å². The van der Waals surface area contributed by atoms with Crippen LogP contribution in [0.1, 0.15) is 10.5 Å². The van der Waals surface area contributed by atoms with E-state index in [-0.39, 0.29) is 24.5 Å². The molecule has 86 valence electrons. The molecule has 0 aliphatic carbocycles. The van der Waals surface area contributed by atoms with Crippen molar-refractivity contribution >= 4 is 5.91 Å². The normalized spacial score (nSPS) is 24.3. The Labute approximate surface area is 93.1 Å². The number of aromatic nitrogens is 2. The number of carbonyl (C=O) groups excluding carboxylic acids is 1. The van der Waals surface area contributed by atoms with E-state index >= 15 is 0 Å². The molecule has 2 rings (SSSR count). The number of amides is 1. The van der Waals surface area contributed by atoms with Crippen molar-refractivity contribution in [2.24, 2.45) is 5.92 Å². The van der Waals surface area contributed by atoms with Gasteiger partial charge in [-0.2, -0.15) is 0 Å². The molecule has 1 fully saturated rings. The van der Waals surface area contributed by atoms with Gasteiger partial charge in [-0.05, 0) is 0 Å². The fraction of sp³-hybridized carbons (Fsp3) is 0.500. The smallest absolute Gasteiger partial charge is 0.271 e. The first-order chi connectivity index (χ1) is 7.81. The van der Waals surface area contributed by atoms with Crippen LogP contribution in [0.15, 0.2) is 18.6 Å². The number of hydrogen-bond acceptors (Lipinski definition) is 5. The van der Waals surface area contributed by atoms with Crippen molar-refractivity contribution in [2.45, 2.75) is 6.04 Å². The zero-order chi connectivity index (χ0) is 11.4. The van der Waals surface area contributed by atoms with Gasteiger partial charge in [0, 0.05) is 44.0 Å². The minimum atomic E-state index is -0.250. The van der Waals surface area contributed by atoms with Gasteiger partial charge in [-0.3, -0.25) is 9.78 Å². The quantitative estimate of drug-likeness (QED) is 0.597. The highest BCUT2D eigenvalue weighted by molar-refractivity contribution is 5.92. The van der Waals surface area contributed by atoms with Crippen LogP contribution < -0.4 is 10.6 Å². The predicted molar refractivity (Wildman–Crippen MR) is 56.7 cm³/mol. The SMILES string of the molecule is O=C(NC1CNCC1CO)c1cnccn1. The minimum absolute atomic E-state index is 0.0421. The van der Waals surface area contributed by atoms with Crippen LogP contribution >= 0.6 is 0 Å². The van der Waals surface area contributed by atoms with Gasteiger partial charge in [0.2, 0.25) is 0 Å². The van der Waals surface area contributed by atoms with Crippen LogP contribution in [0, 0.1) is 5.92 Å². The van der Waals surface area contributed by atoms with Gasteiger partial charge < -0.3 is 15.7 Å². The number of aliphatic hydroxyl groups excluding tert-OH is 1. The Hall–Kier alpha value is -1.53. The molecule has 1 aliphatic heterocycles. The fourth-order valence-electron chi connectivity index (χ4n) is 1.75. The number of nitrogens with zero attached hydrogens (tertiary/aromatic N) is 2. The Morgan fingerprint density at radius 1 is 1.56 bits per heavy atom. The summed E-state index contributed by atoms with van der Waals surface area (Å²) in [6.45, 7) is 1.47. The molecule has 0 bridgehead atoms. The van der Waals surface area contributed by atoms with Crippen molar-refractivity contribution in [1.82, 2.24) is 20.6 Å². The number of rotatable bonds is 3. The molecule has 2 atom stereocenters. The van der Waals surface area contributed by atoms with Crippen LogP contribution in [0.2, 0.25) is 0 Å². The molecule has 0 saturated carbocycles. The lowest BCUT2D eigenvalue weighted by molar-refractivity contribution is 0.0916. The van der Waals surface area contributed by atoms with Crippen LogP contribution in [-0.4, -0.2) is 46.7 Å². The standard InChI is InChI=1S/C10H14N4O2/c15-6-7-3-12-4-8(7)14-10(16)9-5-11-1-2-13-9/h1-2,5,7-8,12,15H,3-4,6H2,(H,14,16). The van der Waals surface area contributed by atoms with Crippen molar-refractivity contribution in [3.05, 3.63) is 24.3 Å². The maximum absolute atomic E-state index is 11.7. The third-order valence-electron chi connectivity index (χ3n) is 2.69. The highest BCUT2D eigenvalue weighted by atomic mass is 16.3. The van der Waals surface area contributed by atoms with Crippen LogP contribution in [0.3, 0.4) is 0 Å². The summed E-state index contributed by atoms with van der Waals surface area (Å²) in [6.07, 6.45) is 4.42. The van der Waals surface area contributed by atoms with Crippen LogP contribution in [0.4, 0.5) is 0 Å². The molecule has 16 heavy (non-hydrogen) atoms. The third-order valence-corrected chi connectivity index (χ3v) is 2.69. The molecule has 1 aromatic heterocycles. The summed E-state index contributed by atoms with van der Waals surface area (Å²) in [5, 5.41) is 15.1. The van der Waals surface area contributed by atoms with Gasteiger partial charge in [0.1, 0.15) is 5.69 Å². The van der Waals surface area contributed by atoms with Crippen molar-refractivity contribution in [3.63, 3.8) is 0 Å². The molecule has 1 saturated heterocycles. The van der Waals surface area contributed by atoms with Crippen LogP contribution in [0.5, 0.6) is 0 Å². The maximum Gasteiger partial charge on any atom is 0.271 e. The largest absolute Gasteiger partial charge is 0.396 e. The van der Waals surface area contributed by atoms with E-state index in [9.17, 15) is 4.79 Å². The summed E-state index contributed by atoms with van der Waals surface area (Å²) >= 11 is 0. The molecule has 0 spiro atoms. The monoisotopic (exact) mass is 222 g/mol. The molecule has 1 amide bonds. The van der Waals surface area contributed by atoms with Crippen LogP contribution in [-0.2, 0) is 0 Å². The fourth-order valence-corrected chi connectivity index (χ4v) is 1.75. The summed E-state index contributed by atoms with van der Waals surface area (Å²) < 4.78 is 0. The summed E-state index contributed by atoms with van der Waals surface area (Å²) in [7, 11) is 0. The Balaban J connectivity index is 1.97. The minimum Gasteiger partial charge on any atom is -0.396 e. The molecule has 6 heteroatoms. The van der Waals surface area contributed by atoms with Gasteiger partial charge in [0.15, 0.2) is 0 Å². The summed E-state index contributed by atoms with van der Waals surface area (Å²) in [5.74, 6) is -0.180. The first kappa shape index (κ1) is 11.0. The van der Waals surface area contributed by atoms with E-state index in [1.54, 1.807) is 0 Å². The van der Waals surface area contributed by atoms with E-state index in [1.807, 2.05) is 0 Å². The predicted octanol–water partition coefficient (Wildman–Crippen LogP) is -1.21. The third kappa shape index (κ3) is 2.34. The Morgan fingerprint density at radius 2 is 2.44 bits per heavy atom. The first-order valence-corrected chi connectivity index (χ1v) is 5.19. The zero-order valence-electron chi connectivity index (χ0n) is 8.76. The van der Waals surface area contributed by atoms with E-state index in [0.717, 1.165) is 6.54 Å². The average Bonchev–Trinajstić information content (AvgIpc) is 2.77. The molecule has 1 aromatic rings.